The van der Waals surface area contributed by atoms with Crippen molar-refractivity contribution in [2.45, 2.75) is 77.2 Å². The highest BCUT2D eigenvalue weighted by Crippen LogP contribution is 2.27. The molecule has 0 spiro atoms. The molecule has 0 atom stereocenters. The average molecular weight is 675 g/mol. The lowest BCUT2D eigenvalue weighted by atomic mass is 9.93. The molecule has 2 aromatic heterocycles. The summed E-state index contributed by atoms with van der Waals surface area (Å²) in [6.45, 7) is 3.81. The normalized spacial score (nSPS) is 13.9. The van der Waals surface area contributed by atoms with Gasteiger partial charge >= 0.3 is 0 Å². The molecule has 0 radical (unpaired) electrons. The van der Waals surface area contributed by atoms with Gasteiger partial charge in [-0.2, -0.15) is 0 Å². The van der Waals surface area contributed by atoms with Gasteiger partial charge in [0.25, 0.3) is 5.91 Å². The van der Waals surface area contributed by atoms with Crippen LogP contribution in [0, 0.1) is 18.6 Å². The highest BCUT2D eigenvalue weighted by Gasteiger charge is 2.29. The van der Waals surface area contributed by atoms with Crippen molar-refractivity contribution >= 4 is 28.4 Å². The Labute approximate surface area is 288 Å². The van der Waals surface area contributed by atoms with Gasteiger partial charge in [-0.25, -0.2) is 13.8 Å². The van der Waals surface area contributed by atoms with E-state index in [1.807, 2.05) is 44.1 Å². The third kappa shape index (κ3) is 9.03. The molecule has 1 N–H and O–H groups in total. The van der Waals surface area contributed by atoms with Crippen LogP contribution >= 0.6 is 0 Å². The van der Waals surface area contributed by atoms with E-state index in [-0.39, 0.29) is 16.6 Å². The van der Waals surface area contributed by atoms with Crippen molar-refractivity contribution in [2.75, 3.05) is 51.6 Å². The second-order valence-corrected chi connectivity index (χ2v) is 14.1. The molecule has 10 heteroatoms. The summed E-state index contributed by atoms with van der Waals surface area (Å²) in [6.07, 6.45) is 14.2. The summed E-state index contributed by atoms with van der Waals surface area (Å²) in [5, 5.41) is 2.70. The van der Waals surface area contributed by atoms with Crippen molar-refractivity contribution in [1.82, 2.24) is 9.55 Å². The standard InChI is InChI=1S/C39H49F2N5O3/c1-27-22-32(49-21-13-8-6-7-12-20-46(4,5)31-14-10-9-11-15-31)16-18-35(27)45-26-34(39(48)42-30-24-28(40)23-29(41)25-30)37(47)33-17-19-36(44(2)3)43-38(33)45/h16-19,22-26,31H,6-15,20-21H2,1-5H3/p+1. The summed E-state index contributed by atoms with van der Waals surface area (Å²) in [6, 6.07) is 12.6. The lowest BCUT2D eigenvalue weighted by Crippen LogP contribution is -2.50. The molecule has 2 heterocycles. The van der Waals surface area contributed by atoms with Crippen LogP contribution in [0.25, 0.3) is 16.7 Å². The number of carbonyl (C=O) groups excluding carboxylic acids is 1. The first-order chi connectivity index (χ1) is 23.4. The van der Waals surface area contributed by atoms with Crippen molar-refractivity contribution in [3.63, 3.8) is 0 Å². The van der Waals surface area contributed by atoms with E-state index < -0.39 is 23.0 Å². The minimum atomic E-state index is -0.840. The van der Waals surface area contributed by atoms with Crippen LogP contribution in [0.5, 0.6) is 5.75 Å². The van der Waals surface area contributed by atoms with Crippen LogP contribution in [0.4, 0.5) is 20.3 Å². The Bertz CT molecular complexity index is 1810. The molecule has 0 saturated heterocycles. The fourth-order valence-corrected chi connectivity index (χ4v) is 6.90. The van der Waals surface area contributed by atoms with Gasteiger partial charge in [0, 0.05) is 32.0 Å². The first-order valence-electron chi connectivity index (χ1n) is 17.5. The van der Waals surface area contributed by atoms with Gasteiger partial charge in [0.1, 0.15) is 28.8 Å². The van der Waals surface area contributed by atoms with Crippen molar-refractivity contribution < 1.29 is 22.8 Å². The highest BCUT2D eigenvalue weighted by molar-refractivity contribution is 6.05. The predicted molar refractivity (Wildman–Crippen MR) is 193 cm³/mol. The van der Waals surface area contributed by atoms with E-state index >= 15 is 0 Å². The number of fused-ring (bicyclic) bond motifs is 1. The van der Waals surface area contributed by atoms with Crippen LogP contribution in [-0.2, 0) is 0 Å². The molecule has 262 valence electrons. The molecule has 1 fully saturated rings. The fourth-order valence-electron chi connectivity index (χ4n) is 6.90. The number of aromatic nitrogens is 2. The lowest BCUT2D eigenvalue weighted by Gasteiger charge is -2.40. The fraction of sp³-hybridized carbons (Fsp3) is 0.462. The Balaban J connectivity index is 1.25. The summed E-state index contributed by atoms with van der Waals surface area (Å²) >= 11 is 0. The summed E-state index contributed by atoms with van der Waals surface area (Å²) in [5.74, 6) is -1.09. The molecule has 1 aliphatic rings. The summed E-state index contributed by atoms with van der Waals surface area (Å²) in [7, 11) is 8.52. The highest BCUT2D eigenvalue weighted by atomic mass is 19.1. The molecule has 0 aliphatic heterocycles. The summed E-state index contributed by atoms with van der Waals surface area (Å²) < 4.78 is 36.6. The number of hydrogen-bond donors (Lipinski definition) is 1. The molecule has 0 bridgehead atoms. The molecular weight excluding hydrogens is 624 g/mol. The maximum absolute atomic E-state index is 13.8. The predicted octanol–water partition coefficient (Wildman–Crippen LogP) is 8.03. The molecular formula is C39H50F2N5O3+. The van der Waals surface area contributed by atoms with Gasteiger partial charge in [-0.3, -0.25) is 14.2 Å². The topological polar surface area (TPSA) is 76.5 Å². The zero-order valence-corrected chi connectivity index (χ0v) is 29.5. The first-order valence-corrected chi connectivity index (χ1v) is 17.5. The third-order valence-electron chi connectivity index (χ3n) is 9.80. The minimum Gasteiger partial charge on any atom is -0.494 e. The molecule has 2 aromatic carbocycles. The molecule has 0 unspecified atom stereocenters. The Kier molecular flexibility index (Phi) is 11.7. The second-order valence-electron chi connectivity index (χ2n) is 14.1. The molecule has 1 aliphatic carbocycles. The number of quaternary nitrogens is 1. The van der Waals surface area contributed by atoms with E-state index in [4.69, 9.17) is 9.72 Å². The van der Waals surface area contributed by atoms with E-state index in [0.717, 1.165) is 46.8 Å². The van der Waals surface area contributed by atoms with Crippen LogP contribution in [0.1, 0.15) is 80.1 Å². The lowest BCUT2D eigenvalue weighted by molar-refractivity contribution is -0.916. The average Bonchev–Trinajstić information content (AvgIpc) is 3.06. The van der Waals surface area contributed by atoms with Crippen LogP contribution in [0.15, 0.2) is 59.5 Å². The third-order valence-corrected chi connectivity index (χ3v) is 9.80. The Hall–Kier alpha value is -4.31. The number of rotatable bonds is 14. The molecule has 8 nitrogen and oxygen atoms in total. The number of pyridine rings is 2. The molecule has 4 aromatic rings. The number of nitrogens with one attached hydrogen (secondary N) is 1. The number of ether oxygens (including phenoxy) is 1. The second kappa shape index (κ2) is 15.9. The van der Waals surface area contributed by atoms with E-state index in [2.05, 4.69) is 19.4 Å². The van der Waals surface area contributed by atoms with Crippen LogP contribution in [-0.4, -0.2) is 67.3 Å². The SMILES string of the molecule is Cc1cc(OCCCCCCC[N+](C)(C)C2CCCCC2)ccc1-n1cc(C(=O)Nc2cc(F)cc(F)c2)c(=O)c2ccc(N(C)C)nc21. The van der Waals surface area contributed by atoms with Gasteiger partial charge < -0.3 is 19.4 Å². The molecule has 1 saturated carbocycles. The number of halogens is 2. The Morgan fingerprint density at radius 2 is 1.65 bits per heavy atom. The maximum Gasteiger partial charge on any atom is 0.261 e. The van der Waals surface area contributed by atoms with Crippen molar-refractivity contribution in [3.8, 4) is 11.4 Å². The Morgan fingerprint density at radius 3 is 2.35 bits per heavy atom. The van der Waals surface area contributed by atoms with Gasteiger partial charge in [-0.05, 0) is 99.9 Å². The number of nitrogens with zero attached hydrogens (tertiary/aromatic N) is 4. The Morgan fingerprint density at radius 1 is 0.959 bits per heavy atom. The van der Waals surface area contributed by atoms with E-state index in [9.17, 15) is 18.4 Å². The van der Waals surface area contributed by atoms with E-state index in [0.29, 0.717) is 29.8 Å². The molecule has 5 rings (SSSR count). The molecule has 1 amide bonds. The van der Waals surface area contributed by atoms with E-state index in [1.54, 1.807) is 16.7 Å². The number of amides is 1. The maximum atomic E-state index is 13.8. The number of carbonyl (C=O) groups is 1. The van der Waals surface area contributed by atoms with Crippen molar-refractivity contribution in [2.24, 2.45) is 0 Å². The van der Waals surface area contributed by atoms with Crippen molar-refractivity contribution in [1.29, 1.82) is 0 Å². The number of aryl methyl sites for hydroxylation is 1. The smallest absolute Gasteiger partial charge is 0.261 e. The van der Waals surface area contributed by atoms with Gasteiger partial charge in [0.2, 0.25) is 5.43 Å². The monoisotopic (exact) mass is 674 g/mol. The van der Waals surface area contributed by atoms with Gasteiger partial charge in [-0.15, -0.1) is 0 Å². The number of anilines is 2. The largest absolute Gasteiger partial charge is 0.494 e. The zero-order chi connectivity index (χ0) is 35.1. The zero-order valence-electron chi connectivity index (χ0n) is 29.5. The van der Waals surface area contributed by atoms with Gasteiger partial charge in [0.05, 0.1) is 44.4 Å². The molecule has 49 heavy (non-hydrogen) atoms. The van der Waals surface area contributed by atoms with Gasteiger partial charge in [0.15, 0.2) is 5.65 Å². The first kappa shape index (κ1) is 36.0. The van der Waals surface area contributed by atoms with Crippen LogP contribution < -0.4 is 20.4 Å². The summed E-state index contributed by atoms with van der Waals surface area (Å²) in [4.78, 5) is 33.4. The minimum absolute atomic E-state index is 0.0924. The van der Waals surface area contributed by atoms with Crippen LogP contribution in [0.2, 0.25) is 0 Å². The van der Waals surface area contributed by atoms with Crippen LogP contribution in [0.3, 0.4) is 0 Å². The number of hydrogen-bond acceptors (Lipinski definition) is 5. The summed E-state index contributed by atoms with van der Waals surface area (Å²) in [5.41, 5.74) is 1.13. The van der Waals surface area contributed by atoms with E-state index in [1.165, 1.54) is 64.1 Å². The van der Waals surface area contributed by atoms with Gasteiger partial charge in [-0.1, -0.05) is 19.3 Å². The quantitative estimate of drug-likeness (QED) is 0.108. The number of unbranched alkanes of at least 4 members (excludes halogenated alkanes) is 4. The van der Waals surface area contributed by atoms with Crippen molar-refractivity contribution in [3.05, 3.63) is 87.7 Å². The number of benzene rings is 2.